The van der Waals surface area contributed by atoms with E-state index < -0.39 is 11.4 Å². The topological polar surface area (TPSA) is 38.7 Å². The largest absolute Gasteiger partial charge is 0.386 e. The number of aliphatic hydroxyl groups is 1. The molecule has 0 unspecified atom stereocenters. The minimum Gasteiger partial charge on any atom is -0.386 e. The van der Waals surface area contributed by atoms with Crippen LogP contribution in [-0.4, -0.2) is 30.7 Å². The van der Waals surface area contributed by atoms with Gasteiger partial charge in [-0.1, -0.05) is 6.08 Å². The van der Waals surface area contributed by atoms with Gasteiger partial charge in [0.1, 0.15) is 0 Å². The van der Waals surface area contributed by atoms with Crippen LogP contribution in [0.5, 0.6) is 0 Å². The normalized spacial score (nSPS) is 25.5. The Balaban J connectivity index is 2.59. The molecule has 1 rings (SSSR count). The lowest BCUT2D eigenvalue weighted by molar-refractivity contribution is -0.237. The Kier molecular flexibility index (Phi) is 3.11. The molecule has 0 radical (unpaired) electrons. The predicted molar refractivity (Wildman–Crippen MR) is 50.4 cm³/mol. The quantitative estimate of drug-likeness (QED) is 0.536. The van der Waals surface area contributed by atoms with Gasteiger partial charge in [-0.25, -0.2) is 0 Å². The predicted octanol–water partition coefficient (Wildman–Crippen LogP) is 1.47. The third-order valence-corrected chi connectivity index (χ3v) is 3.00. The van der Waals surface area contributed by atoms with Crippen molar-refractivity contribution >= 4 is 0 Å². The molecule has 3 nitrogen and oxygen atoms in total. The van der Waals surface area contributed by atoms with Crippen LogP contribution in [-0.2, 0) is 9.47 Å². The standard InChI is InChI=1S/C10H18O3/c1-4-9(11)5-7-10(12-2,13-3)8-6-9/h4,11H,1,5-8H2,2-3H3. The number of ether oxygens (including phenoxy) is 2. The highest BCUT2D eigenvalue weighted by Gasteiger charge is 2.40. The summed E-state index contributed by atoms with van der Waals surface area (Å²) in [4.78, 5) is 0. The van der Waals surface area contributed by atoms with Crippen LogP contribution in [0.3, 0.4) is 0 Å². The highest BCUT2D eigenvalue weighted by molar-refractivity contribution is 5.00. The summed E-state index contributed by atoms with van der Waals surface area (Å²) in [5.41, 5.74) is -0.722. The van der Waals surface area contributed by atoms with Crippen molar-refractivity contribution in [3.05, 3.63) is 12.7 Å². The monoisotopic (exact) mass is 186 g/mol. The first-order valence-electron chi connectivity index (χ1n) is 4.56. The van der Waals surface area contributed by atoms with Crippen LogP contribution in [0, 0.1) is 0 Å². The summed E-state index contributed by atoms with van der Waals surface area (Å²) < 4.78 is 10.6. The van der Waals surface area contributed by atoms with Gasteiger partial charge in [0.05, 0.1) is 5.60 Å². The molecule has 3 heteroatoms. The van der Waals surface area contributed by atoms with Gasteiger partial charge < -0.3 is 14.6 Å². The second kappa shape index (κ2) is 3.78. The first-order chi connectivity index (χ1) is 6.10. The molecule has 0 spiro atoms. The van der Waals surface area contributed by atoms with E-state index in [9.17, 15) is 5.11 Å². The van der Waals surface area contributed by atoms with E-state index in [2.05, 4.69) is 6.58 Å². The second-order valence-electron chi connectivity index (χ2n) is 3.63. The van der Waals surface area contributed by atoms with Crippen molar-refractivity contribution in [2.24, 2.45) is 0 Å². The van der Waals surface area contributed by atoms with E-state index in [1.165, 1.54) is 0 Å². The summed E-state index contributed by atoms with van der Waals surface area (Å²) in [7, 11) is 3.28. The lowest BCUT2D eigenvalue weighted by atomic mass is 9.81. The van der Waals surface area contributed by atoms with Gasteiger partial charge in [-0.15, -0.1) is 6.58 Å². The van der Waals surface area contributed by atoms with Gasteiger partial charge >= 0.3 is 0 Å². The van der Waals surface area contributed by atoms with Gasteiger partial charge in [-0.3, -0.25) is 0 Å². The Morgan fingerprint density at radius 2 is 1.62 bits per heavy atom. The fourth-order valence-corrected chi connectivity index (χ4v) is 1.76. The molecule has 0 aromatic carbocycles. The highest BCUT2D eigenvalue weighted by Crippen LogP contribution is 2.37. The number of methoxy groups -OCH3 is 2. The zero-order valence-corrected chi connectivity index (χ0v) is 8.38. The van der Waals surface area contributed by atoms with Crippen molar-refractivity contribution in [2.45, 2.75) is 37.1 Å². The molecule has 1 aliphatic rings. The highest BCUT2D eigenvalue weighted by atomic mass is 16.7. The molecule has 0 aromatic heterocycles. The van der Waals surface area contributed by atoms with Crippen LogP contribution in [0.2, 0.25) is 0 Å². The maximum atomic E-state index is 9.87. The average Bonchev–Trinajstić information content (AvgIpc) is 2.20. The molecule has 0 atom stereocenters. The lowest BCUT2D eigenvalue weighted by Crippen LogP contribution is -2.44. The zero-order valence-electron chi connectivity index (χ0n) is 8.38. The molecule has 0 aromatic rings. The molecule has 0 saturated heterocycles. The zero-order chi connectivity index (χ0) is 9.95. The first kappa shape index (κ1) is 10.7. The number of rotatable bonds is 3. The summed E-state index contributed by atoms with van der Waals surface area (Å²) in [6.45, 7) is 3.62. The van der Waals surface area contributed by atoms with E-state index in [-0.39, 0.29) is 0 Å². The van der Waals surface area contributed by atoms with E-state index in [1.54, 1.807) is 20.3 Å². The van der Waals surface area contributed by atoms with Gasteiger partial charge in [0.15, 0.2) is 5.79 Å². The molecule has 0 bridgehead atoms. The molecule has 1 fully saturated rings. The van der Waals surface area contributed by atoms with Crippen LogP contribution in [0.15, 0.2) is 12.7 Å². The van der Waals surface area contributed by atoms with Gasteiger partial charge in [0.25, 0.3) is 0 Å². The summed E-state index contributed by atoms with van der Waals surface area (Å²) in [5.74, 6) is -0.491. The SMILES string of the molecule is C=CC1(O)CCC(OC)(OC)CC1. The Morgan fingerprint density at radius 1 is 1.15 bits per heavy atom. The third-order valence-electron chi connectivity index (χ3n) is 3.00. The van der Waals surface area contributed by atoms with Crippen molar-refractivity contribution in [1.82, 2.24) is 0 Å². The van der Waals surface area contributed by atoms with Gasteiger partial charge in [-0.05, 0) is 12.8 Å². The molecule has 1 N–H and O–H groups in total. The van der Waals surface area contributed by atoms with Crippen molar-refractivity contribution in [3.63, 3.8) is 0 Å². The van der Waals surface area contributed by atoms with E-state index in [0.717, 1.165) is 0 Å². The fraction of sp³-hybridized carbons (Fsp3) is 0.800. The van der Waals surface area contributed by atoms with Crippen molar-refractivity contribution < 1.29 is 14.6 Å². The molecule has 0 aliphatic heterocycles. The van der Waals surface area contributed by atoms with E-state index >= 15 is 0 Å². The van der Waals surface area contributed by atoms with Crippen LogP contribution < -0.4 is 0 Å². The summed E-state index contributed by atoms with van der Waals surface area (Å²) >= 11 is 0. The van der Waals surface area contributed by atoms with Crippen LogP contribution >= 0.6 is 0 Å². The van der Waals surface area contributed by atoms with Crippen molar-refractivity contribution in [1.29, 1.82) is 0 Å². The Morgan fingerprint density at radius 3 is 1.92 bits per heavy atom. The van der Waals surface area contributed by atoms with E-state index in [0.29, 0.717) is 25.7 Å². The van der Waals surface area contributed by atoms with Gasteiger partial charge in [-0.2, -0.15) is 0 Å². The maximum absolute atomic E-state index is 9.87. The van der Waals surface area contributed by atoms with Gasteiger partial charge in [0, 0.05) is 27.1 Å². The molecule has 0 heterocycles. The lowest BCUT2D eigenvalue weighted by Gasteiger charge is -2.40. The maximum Gasteiger partial charge on any atom is 0.167 e. The molecular formula is C10H18O3. The van der Waals surface area contributed by atoms with Crippen molar-refractivity contribution in [3.8, 4) is 0 Å². The second-order valence-corrected chi connectivity index (χ2v) is 3.63. The average molecular weight is 186 g/mol. The van der Waals surface area contributed by atoms with Gasteiger partial charge in [0.2, 0.25) is 0 Å². The smallest absolute Gasteiger partial charge is 0.167 e. The Hall–Kier alpha value is -0.380. The van der Waals surface area contributed by atoms with E-state index in [4.69, 9.17) is 9.47 Å². The molecular weight excluding hydrogens is 168 g/mol. The number of hydrogen-bond donors (Lipinski definition) is 1. The molecule has 0 amide bonds. The minimum absolute atomic E-state index is 0.491. The van der Waals surface area contributed by atoms with E-state index in [1.807, 2.05) is 0 Å². The molecule has 13 heavy (non-hydrogen) atoms. The van der Waals surface area contributed by atoms with Crippen LogP contribution in [0.25, 0.3) is 0 Å². The molecule has 1 aliphatic carbocycles. The molecule has 76 valence electrons. The minimum atomic E-state index is -0.722. The summed E-state index contributed by atoms with van der Waals surface area (Å²) in [5, 5.41) is 9.87. The van der Waals surface area contributed by atoms with Crippen LogP contribution in [0.1, 0.15) is 25.7 Å². The summed E-state index contributed by atoms with van der Waals surface area (Å²) in [6.07, 6.45) is 4.34. The molecule has 1 saturated carbocycles. The van der Waals surface area contributed by atoms with Crippen LogP contribution in [0.4, 0.5) is 0 Å². The number of hydrogen-bond acceptors (Lipinski definition) is 3. The fourth-order valence-electron chi connectivity index (χ4n) is 1.76. The first-order valence-corrected chi connectivity index (χ1v) is 4.56. The Labute approximate surface area is 79.3 Å². The third kappa shape index (κ3) is 2.10. The Bertz CT molecular complexity index is 175. The van der Waals surface area contributed by atoms with Crippen molar-refractivity contribution in [2.75, 3.05) is 14.2 Å². The summed E-state index contributed by atoms with van der Waals surface area (Å²) in [6, 6.07) is 0.